The van der Waals surface area contributed by atoms with Crippen molar-refractivity contribution in [2.24, 2.45) is 0 Å². The molecule has 16 heavy (non-hydrogen) atoms. The van der Waals surface area contributed by atoms with Crippen molar-refractivity contribution in [1.29, 1.82) is 0 Å². The number of carbonyl (C=O) groups excluding carboxylic acids is 1. The van der Waals surface area contributed by atoms with E-state index in [4.69, 9.17) is 4.42 Å². The van der Waals surface area contributed by atoms with E-state index in [2.05, 4.69) is 4.98 Å². The fourth-order valence-corrected chi connectivity index (χ4v) is 2.26. The number of nitrogens with zero attached hydrogens (tertiary/aromatic N) is 1. The zero-order chi connectivity index (χ0) is 11.0. The van der Waals surface area contributed by atoms with Gasteiger partial charge in [-0.05, 0) is 6.07 Å². The van der Waals surface area contributed by atoms with Gasteiger partial charge >= 0.3 is 0 Å². The highest BCUT2D eigenvalue weighted by molar-refractivity contribution is 7.11. The molecule has 0 aliphatic rings. The molecule has 0 fully saturated rings. The van der Waals surface area contributed by atoms with E-state index in [0.29, 0.717) is 5.01 Å². The lowest BCUT2D eigenvalue weighted by molar-refractivity contribution is 0.112. The molecule has 0 spiro atoms. The van der Waals surface area contributed by atoms with E-state index < -0.39 is 0 Å². The molecule has 0 bridgehead atoms. The molecule has 3 aromatic rings. The molecule has 4 heteroatoms. The second-order valence-electron chi connectivity index (χ2n) is 3.33. The Bertz CT molecular complexity index is 654. The van der Waals surface area contributed by atoms with Gasteiger partial charge in [0, 0.05) is 16.3 Å². The third-order valence-electron chi connectivity index (χ3n) is 2.38. The second-order valence-corrected chi connectivity index (χ2v) is 4.22. The number of para-hydroxylation sites is 1. The number of fused-ring (bicyclic) bond motifs is 1. The molecule has 3 rings (SSSR count). The van der Waals surface area contributed by atoms with Gasteiger partial charge in [0.25, 0.3) is 0 Å². The van der Waals surface area contributed by atoms with Gasteiger partial charge in [0.15, 0.2) is 11.3 Å². The summed E-state index contributed by atoms with van der Waals surface area (Å²) in [5.41, 5.74) is 2.55. The number of rotatable bonds is 2. The average Bonchev–Trinajstić information content (AvgIpc) is 2.94. The highest BCUT2D eigenvalue weighted by Crippen LogP contribution is 2.30. The zero-order valence-corrected chi connectivity index (χ0v) is 9.03. The van der Waals surface area contributed by atoms with Crippen LogP contribution >= 0.6 is 11.3 Å². The van der Waals surface area contributed by atoms with Crippen molar-refractivity contribution >= 4 is 28.6 Å². The van der Waals surface area contributed by atoms with E-state index in [-0.39, 0.29) is 0 Å². The molecule has 0 unspecified atom stereocenters. The molecule has 0 N–H and O–H groups in total. The Kier molecular flexibility index (Phi) is 2.08. The molecule has 2 heterocycles. The summed E-state index contributed by atoms with van der Waals surface area (Å²) in [7, 11) is 0. The maximum atomic E-state index is 10.6. The topological polar surface area (TPSA) is 43.1 Å². The van der Waals surface area contributed by atoms with Gasteiger partial charge in [-0.1, -0.05) is 18.2 Å². The molecule has 78 valence electrons. The SMILES string of the molecule is O=Cc1nc(-c2coc3ccccc23)cs1. The van der Waals surface area contributed by atoms with Crippen molar-refractivity contribution in [2.75, 3.05) is 0 Å². The largest absolute Gasteiger partial charge is 0.464 e. The number of aromatic nitrogens is 1. The maximum absolute atomic E-state index is 10.6. The normalized spacial score (nSPS) is 10.8. The summed E-state index contributed by atoms with van der Waals surface area (Å²) in [5.74, 6) is 0. The maximum Gasteiger partial charge on any atom is 0.178 e. The Hall–Kier alpha value is -1.94. The van der Waals surface area contributed by atoms with Crippen molar-refractivity contribution in [3.63, 3.8) is 0 Å². The van der Waals surface area contributed by atoms with Crippen LogP contribution in [-0.2, 0) is 0 Å². The molecular weight excluding hydrogens is 222 g/mol. The number of thiazole rings is 1. The summed E-state index contributed by atoms with van der Waals surface area (Å²) < 4.78 is 5.42. The quantitative estimate of drug-likeness (QED) is 0.633. The van der Waals surface area contributed by atoms with E-state index in [1.54, 1.807) is 6.26 Å². The molecule has 3 nitrogen and oxygen atoms in total. The highest BCUT2D eigenvalue weighted by Gasteiger charge is 2.10. The predicted molar refractivity (Wildman–Crippen MR) is 62.7 cm³/mol. The number of aldehydes is 1. The van der Waals surface area contributed by atoms with Crippen LogP contribution in [0.15, 0.2) is 40.3 Å². The fourth-order valence-electron chi connectivity index (χ4n) is 1.64. The van der Waals surface area contributed by atoms with Gasteiger partial charge in [-0.15, -0.1) is 11.3 Å². The van der Waals surface area contributed by atoms with E-state index >= 15 is 0 Å². The minimum absolute atomic E-state index is 0.486. The Morgan fingerprint density at radius 3 is 3.00 bits per heavy atom. The molecule has 0 saturated carbocycles. The van der Waals surface area contributed by atoms with Crippen LogP contribution in [0.1, 0.15) is 9.80 Å². The van der Waals surface area contributed by atoms with Crippen LogP contribution in [-0.4, -0.2) is 11.3 Å². The van der Waals surface area contributed by atoms with E-state index in [0.717, 1.165) is 28.5 Å². The van der Waals surface area contributed by atoms with Crippen LogP contribution in [0.4, 0.5) is 0 Å². The molecule has 0 atom stereocenters. The number of hydrogen-bond donors (Lipinski definition) is 0. The smallest absolute Gasteiger partial charge is 0.178 e. The third-order valence-corrected chi connectivity index (χ3v) is 3.15. The van der Waals surface area contributed by atoms with Crippen LogP contribution in [0.25, 0.3) is 22.2 Å². The predicted octanol–water partition coefficient (Wildman–Crippen LogP) is 3.37. The first kappa shape index (κ1) is 9.30. The Labute approximate surface area is 95.4 Å². The molecule has 0 amide bonds. The third kappa shape index (κ3) is 1.35. The molecule has 0 aliphatic heterocycles. The number of carbonyl (C=O) groups is 1. The van der Waals surface area contributed by atoms with Crippen molar-refractivity contribution in [3.05, 3.63) is 40.9 Å². The number of hydrogen-bond acceptors (Lipinski definition) is 4. The molecule has 0 saturated heterocycles. The minimum Gasteiger partial charge on any atom is -0.464 e. The van der Waals surface area contributed by atoms with Crippen molar-refractivity contribution in [2.45, 2.75) is 0 Å². The van der Waals surface area contributed by atoms with Crippen LogP contribution < -0.4 is 0 Å². The van der Waals surface area contributed by atoms with Crippen LogP contribution in [0.5, 0.6) is 0 Å². The summed E-state index contributed by atoms with van der Waals surface area (Å²) in [6.07, 6.45) is 2.44. The molecule has 0 radical (unpaired) electrons. The summed E-state index contributed by atoms with van der Waals surface area (Å²) in [6, 6.07) is 7.77. The summed E-state index contributed by atoms with van der Waals surface area (Å²) in [5, 5.41) is 3.37. The molecular formula is C12H7NO2S. The van der Waals surface area contributed by atoms with Crippen LogP contribution in [0.3, 0.4) is 0 Å². The Balaban J connectivity index is 2.21. The van der Waals surface area contributed by atoms with Gasteiger partial charge in [-0.25, -0.2) is 4.98 Å². The van der Waals surface area contributed by atoms with Gasteiger partial charge < -0.3 is 4.42 Å². The van der Waals surface area contributed by atoms with Crippen LogP contribution in [0, 0.1) is 0 Å². The Morgan fingerprint density at radius 2 is 2.19 bits per heavy atom. The van der Waals surface area contributed by atoms with Gasteiger partial charge in [0.2, 0.25) is 0 Å². The monoisotopic (exact) mass is 229 g/mol. The molecule has 1 aromatic carbocycles. The first-order chi connectivity index (χ1) is 7.88. The van der Waals surface area contributed by atoms with E-state index in [1.165, 1.54) is 11.3 Å². The van der Waals surface area contributed by atoms with Gasteiger partial charge in [-0.2, -0.15) is 0 Å². The fraction of sp³-hybridized carbons (Fsp3) is 0. The number of benzene rings is 1. The molecule has 0 aliphatic carbocycles. The zero-order valence-electron chi connectivity index (χ0n) is 8.21. The number of furan rings is 1. The van der Waals surface area contributed by atoms with E-state index in [9.17, 15) is 4.79 Å². The van der Waals surface area contributed by atoms with Crippen LogP contribution in [0.2, 0.25) is 0 Å². The highest BCUT2D eigenvalue weighted by atomic mass is 32.1. The first-order valence-electron chi connectivity index (χ1n) is 4.76. The first-order valence-corrected chi connectivity index (χ1v) is 5.64. The lowest BCUT2D eigenvalue weighted by Crippen LogP contribution is -1.78. The molecule has 2 aromatic heterocycles. The van der Waals surface area contributed by atoms with Gasteiger partial charge in [-0.3, -0.25) is 4.79 Å². The van der Waals surface area contributed by atoms with Crippen molar-refractivity contribution in [3.8, 4) is 11.3 Å². The summed E-state index contributed by atoms with van der Waals surface area (Å²) in [4.78, 5) is 14.8. The standard InChI is InChI=1S/C12H7NO2S/c14-5-12-13-10(7-16-12)9-6-15-11-4-2-1-3-8(9)11/h1-7H. The van der Waals surface area contributed by atoms with E-state index in [1.807, 2.05) is 29.6 Å². The van der Waals surface area contributed by atoms with Gasteiger partial charge in [0.05, 0.1) is 5.69 Å². The Morgan fingerprint density at radius 1 is 1.31 bits per heavy atom. The van der Waals surface area contributed by atoms with Crippen molar-refractivity contribution < 1.29 is 9.21 Å². The summed E-state index contributed by atoms with van der Waals surface area (Å²) in [6.45, 7) is 0. The lowest BCUT2D eigenvalue weighted by Gasteiger charge is -1.90. The van der Waals surface area contributed by atoms with Crippen molar-refractivity contribution in [1.82, 2.24) is 4.98 Å². The lowest BCUT2D eigenvalue weighted by atomic mass is 10.1. The summed E-state index contributed by atoms with van der Waals surface area (Å²) >= 11 is 1.34. The average molecular weight is 229 g/mol. The second kappa shape index (κ2) is 3.57. The minimum atomic E-state index is 0.486. The van der Waals surface area contributed by atoms with Gasteiger partial charge in [0.1, 0.15) is 11.8 Å².